The molecule has 2 aromatic rings. The molecule has 1 aliphatic heterocycles. The van der Waals surface area contributed by atoms with E-state index in [2.05, 4.69) is 39.6 Å². The lowest BCUT2D eigenvalue weighted by atomic mass is 10.0. The first-order valence-corrected chi connectivity index (χ1v) is 6.62. The van der Waals surface area contributed by atoms with E-state index in [-0.39, 0.29) is 0 Å². The van der Waals surface area contributed by atoms with E-state index in [1.807, 2.05) is 18.2 Å². The third kappa shape index (κ3) is 2.53. The van der Waals surface area contributed by atoms with Gasteiger partial charge in [-0.15, -0.1) is 0 Å². The molecule has 3 N–H and O–H groups in total. The van der Waals surface area contributed by atoms with Crippen LogP contribution in [-0.4, -0.2) is 11.5 Å². The Labute approximate surface area is 113 Å². The predicted molar refractivity (Wildman–Crippen MR) is 77.9 cm³/mol. The second-order valence-corrected chi connectivity index (χ2v) is 4.81. The molecule has 0 saturated heterocycles. The van der Waals surface area contributed by atoms with Crippen molar-refractivity contribution in [2.45, 2.75) is 19.4 Å². The Balaban J connectivity index is 1.84. The zero-order valence-electron chi connectivity index (χ0n) is 10.8. The first-order chi connectivity index (χ1) is 9.36. The monoisotopic (exact) mass is 254 g/mol. The number of nitrogens with one attached hydrogen (secondary N) is 1. The van der Waals surface area contributed by atoms with Gasteiger partial charge in [0.05, 0.1) is 12.2 Å². The minimum absolute atomic E-state index is 0.711. The van der Waals surface area contributed by atoms with Gasteiger partial charge in [0.15, 0.2) is 0 Å². The third-order valence-electron chi connectivity index (χ3n) is 3.51. The van der Waals surface area contributed by atoms with Crippen LogP contribution in [0.25, 0.3) is 0 Å². The normalized spacial score (nSPS) is 14.1. The maximum Gasteiger partial charge on any atom is 0.140 e. The first-order valence-electron chi connectivity index (χ1n) is 6.62. The van der Waals surface area contributed by atoms with Crippen molar-refractivity contribution in [1.29, 1.82) is 0 Å². The van der Waals surface area contributed by atoms with Gasteiger partial charge in [-0.1, -0.05) is 24.3 Å². The number of nitrogen functional groups attached to an aromatic ring is 1. The highest BCUT2D eigenvalue weighted by Gasteiger charge is 2.16. The van der Waals surface area contributed by atoms with E-state index in [9.17, 15) is 0 Å². The van der Waals surface area contributed by atoms with Crippen molar-refractivity contribution >= 4 is 11.5 Å². The molecule has 3 rings (SSSR count). The summed E-state index contributed by atoms with van der Waals surface area (Å²) in [5.74, 6) is 6.11. The fourth-order valence-electron chi connectivity index (χ4n) is 2.62. The number of pyridine rings is 1. The average molecular weight is 254 g/mol. The molecule has 0 atom stereocenters. The smallest absolute Gasteiger partial charge is 0.140 e. The van der Waals surface area contributed by atoms with Crippen molar-refractivity contribution in [2.24, 2.45) is 5.84 Å². The summed E-state index contributed by atoms with van der Waals surface area (Å²) in [6.07, 6.45) is 2.37. The molecule has 4 nitrogen and oxygen atoms in total. The van der Waals surface area contributed by atoms with Crippen molar-refractivity contribution in [3.8, 4) is 0 Å². The number of anilines is 2. The zero-order chi connectivity index (χ0) is 13.1. The summed E-state index contributed by atoms with van der Waals surface area (Å²) in [6.45, 7) is 1.91. The highest BCUT2D eigenvalue weighted by atomic mass is 15.3. The number of rotatable bonds is 3. The van der Waals surface area contributed by atoms with Crippen LogP contribution in [0.2, 0.25) is 0 Å². The van der Waals surface area contributed by atoms with E-state index in [0.29, 0.717) is 5.82 Å². The molecule has 0 fully saturated rings. The Morgan fingerprint density at radius 2 is 2.05 bits per heavy atom. The SMILES string of the molecule is NNc1cccc(CN2CCCc3ccccc32)n1. The van der Waals surface area contributed by atoms with Crippen LogP contribution in [0, 0.1) is 0 Å². The number of aromatic nitrogens is 1. The van der Waals surface area contributed by atoms with Gasteiger partial charge in [0, 0.05) is 12.2 Å². The maximum atomic E-state index is 5.40. The Bertz CT molecular complexity index is 568. The molecule has 0 bridgehead atoms. The maximum absolute atomic E-state index is 5.40. The van der Waals surface area contributed by atoms with Gasteiger partial charge in [-0.25, -0.2) is 10.8 Å². The molecular weight excluding hydrogens is 236 g/mol. The molecular formula is C15H18N4. The molecule has 0 aliphatic carbocycles. The van der Waals surface area contributed by atoms with Gasteiger partial charge >= 0.3 is 0 Å². The van der Waals surface area contributed by atoms with Crippen LogP contribution in [0.1, 0.15) is 17.7 Å². The number of hydrazine groups is 1. The number of para-hydroxylation sites is 1. The number of nitrogens with two attached hydrogens (primary N) is 1. The number of hydrogen-bond donors (Lipinski definition) is 2. The van der Waals surface area contributed by atoms with Crippen LogP contribution in [-0.2, 0) is 13.0 Å². The zero-order valence-corrected chi connectivity index (χ0v) is 10.8. The summed E-state index contributed by atoms with van der Waals surface area (Å²) in [6, 6.07) is 14.5. The lowest BCUT2D eigenvalue weighted by molar-refractivity contribution is 0.684. The topological polar surface area (TPSA) is 54.2 Å². The Hall–Kier alpha value is -2.07. The number of nitrogens with zero attached hydrogens (tertiary/aromatic N) is 2. The molecule has 1 aromatic carbocycles. The van der Waals surface area contributed by atoms with E-state index in [1.54, 1.807) is 0 Å². The summed E-state index contributed by atoms with van der Waals surface area (Å²) < 4.78 is 0. The van der Waals surface area contributed by atoms with Gasteiger partial charge in [-0.2, -0.15) is 0 Å². The summed E-state index contributed by atoms with van der Waals surface area (Å²) in [5, 5.41) is 0. The van der Waals surface area contributed by atoms with Crippen LogP contribution in [0.3, 0.4) is 0 Å². The highest BCUT2D eigenvalue weighted by molar-refractivity contribution is 5.55. The molecule has 98 valence electrons. The molecule has 0 amide bonds. The van der Waals surface area contributed by atoms with Crippen LogP contribution in [0.5, 0.6) is 0 Å². The van der Waals surface area contributed by atoms with Gasteiger partial charge in [0.2, 0.25) is 0 Å². The van der Waals surface area contributed by atoms with Gasteiger partial charge in [0.1, 0.15) is 5.82 Å². The van der Waals surface area contributed by atoms with E-state index in [4.69, 9.17) is 5.84 Å². The molecule has 2 heterocycles. The minimum atomic E-state index is 0.711. The molecule has 19 heavy (non-hydrogen) atoms. The molecule has 4 heteroatoms. The van der Waals surface area contributed by atoms with E-state index < -0.39 is 0 Å². The van der Waals surface area contributed by atoms with Gasteiger partial charge in [-0.3, -0.25) is 0 Å². The largest absolute Gasteiger partial charge is 0.365 e. The number of hydrogen-bond acceptors (Lipinski definition) is 4. The van der Waals surface area contributed by atoms with Crippen molar-refractivity contribution in [2.75, 3.05) is 16.9 Å². The number of aryl methyl sites for hydroxylation is 1. The summed E-state index contributed by atoms with van der Waals surface area (Å²) in [7, 11) is 0. The lowest BCUT2D eigenvalue weighted by Crippen LogP contribution is -2.29. The van der Waals surface area contributed by atoms with Crippen LogP contribution >= 0.6 is 0 Å². The fourth-order valence-corrected chi connectivity index (χ4v) is 2.62. The molecule has 1 aliphatic rings. The van der Waals surface area contributed by atoms with Crippen LogP contribution < -0.4 is 16.2 Å². The fraction of sp³-hybridized carbons (Fsp3) is 0.267. The first kappa shape index (κ1) is 12.0. The summed E-state index contributed by atoms with van der Waals surface area (Å²) >= 11 is 0. The predicted octanol–water partition coefficient (Wildman–Crippen LogP) is 2.32. The molecule has 0 radical (unpaired) electrons. The lowest BCUT2D eigenvalue weighted by Gasteiger charge is -2.31. The standard InChI is InChI=1S/C15H18N4/c16-18-15-9-3-7-13(17-15)11-19-10-4-6-12-5-1-2-8-14(12)19/h1-3,5,7-9H,4,6,10-11,16H2,(H,17,18). The quantitative estimate of drug-likeness (QED) is 0.652. The van der Waals surface area contributed by atoms with Gasteiger partial charge < -0.3 is 10.3 Å². The van der Waals surface area contributed by atoms with Crippen molar-refractivity contribution in [3.63, 3.8) is 0 Å². The number of fused-ring (bicyclic) bond motifs is 1. The second-order valence-electron chi connectivity index (χ2n) is 4.81. The van der Waals surface area contributed by atoms with E-state index in [0.717, 1.165) is 18.8 Å². The second kappa shape index (κ2) is 5.28. The molecule has 0 spiro atoms. The molecule has 1 aromatic heterocycles. The van der Waals surface area contributed by atoms with Crippen molar-refractivity contribution < 1.29 is 0 Å². The highest BCUT2D eigenvalue weighted by Crippen LogP contribution is 2.27. The summed E-state index contributed by atoms with van der Waals surface area (Å²) in [5.41, 5.74) is 6.40. The van der Waals surface area contributed by atoms with Crippen molar-refractivity contribution in [1.82, 2.24) is 4.98 Å². The van der Waals surface area contributed by atoms with Crippen LogP contribution in [0.4, 0.5) is 11.5 Å². The third-order valence-corrected chi connectivity index (χ3v) is 3.51. The van der Waals surface area contributed by atoms with Crippen LogP contribution in [0.15, 0.2) is 42.5 Å². The Kier molecular flexibility index (Phi) is 3.33. The average Bonchev–Trinajstić information content (AvgIpc) is 2.48. The summed E-state index contributed by atoms with van der Waals surface area (Å²) in [4.78, 5) is 6.87. The Morgan fingerprint density at radius 3 is 2.95 bits per heavy atom. The minimum Gasteiger partial charge on any atom is -0.365 e. The van der Waals surface area contributed by atoms with E-state index in [1.165, 1.54) is 24.1 Å². The van der Waals surface area contributed by atoms with E-state index >= 15 is 0 Å². The van der Waals surface area contributed by atoms with Gasteiger partial charge in [0.25, 0.3) is 0 Å². The molecule has 0 unspecified atom stereocenters. The number of benzene rings is 1. The van der Waals surface area contributed by atoms with Gasteiger partial charge in [-0.05, 0) is 36.6 Å². The molecule has 0 saturated carbocycles. The van der Waals surface area contributed by atoms with Crippen molar-refractivity contribution in [3.05, 3.63) is 53.7 Å². The Morgan fingerprint density at radius 1 is 1.16 bits per heavy atom.